The number of hydrogen-bond donors (Lipinski definition) is 0. The minimum atomic E-state index is -0.205. The Kier molecular flexibility index (Phi) is 8.90. The summed E-state index contributed by atoms with van der Waals surface area (Å²) in [6.07, 6.45) is 2.69. The lowest BCUT2D eigenvalue weighted by Gasteiger charge is -2.16. The molecule has 37 heavy (non-hydrogen) atoms. The molecule has 0 unspecified atom stereocenters. The van der Waals surface area contributed by atoms with Crippen molar-refractivity contribution in [3.8, 4) is 11.5 Å². The number of hydrogen-bond acceptors (Lipinski definition) is 5. The molecule has 3 aromatic rings. The van der Waals surface area contributed by atoms with Gasteiger partial charge in [-0.25, -0.2) is 4.99 Å². The number of amidine groups is 1. The number of nitrogens with zero attached hydrogens (tertiary/aromatic N) is 2. The van der Waals surface area contributed by atoms with Gasteiger partial charge in [0, 0.05) is 10.0 Å². The highest BCUT2D eigenvalue weighted by Gasteiger charge is 2.35. The first kappa shape index (κ1) is 27.6. The summed E-state index contributed by atoms with van der Waals surface area (Å²) in [6.45, 7) is 6.46. The van der Waals surface area contributed by atoms with E-state index in [0.717, 1.165) is 27.6 Å². The van der Waals surface area contributed by atoms with Gasteiger partial charge in [-0.3, -0.25) is 9.69 Å². The molecule has 5 nitrogen and oxygen atoms in total. The Hall–Kier alpha value is -2.45. The Balaban J connectivity index is 1.78. The van der Waals surface area contributed by atoms with Crippen molar-refractivity contribution < 1.29 is 14.3 Å². The number of benzene rings is 3. The summed E-state index contributed by atoms with van der Waals surface area (Å²) in [5.74, 6) is 1.00. The third kappa shape index (κ3) is 6.17. The van der Waals surface area contributed by atoms with E-state index in [1.807, 2.05) is 63.2 Å². The molecule has 0 atom stereocenters. The maximum atomic E-state index is 13.7. The normalized spacial score (nSPS) is 15.6. The first-order valence-corrected chi connectivity index (χ1v) is 13.9. The summed E-state index contributed by atoms with van der Waals surface area (Å²) in [7, 11) is 1.59. The highest BCUT2D eigenvalue weighted by molar-refractivity contribution is 9.10. The minimum Gasteiger partial charge on any atom is -0.493 e. The molecule has 0 N–H and O–H groups in total. The molecule has 0 aromatic heterocycles. The molecule has 4 rings (SSSR count). The van der Waals surface area contributed by atoms with Gasteiger partial charge in [-0.1, -0.05) is 42.3 Å². The van der Waals surface area contributed by atoms with Crippen molar-refractivity contribution >= 4 is 79.4 Å². The number of aryl methyl sites for hydroxylation is 2. The molecule has 0 aliphatic carbocycles. The first-order valence-electron chi connectivity index (χ1n) is 11.6. The van der Waals surface area contributed by atoms with Crippen LogP contribution in [-0.4, -0.2) is 24.8 Å². The number of anilines is 1. The van der Waals surface area contributed by atoms with Crippen LogP contribution in [0.5, 0.6) is 11.5 Å². The molecular formula is C28H25BrCl2N2O3S. The van der Waals surface area contributed by atoms with Crippen LogP contribution in [0.2, 0.25) is 10.0 Å². The number of thioether (sulfide) groups is 1. The first-order chi connectivity index (χ1) is 17.7. The zero-order valence-corrected chi connectivity index (χ0v) is 24.7. The minimum absolute atomic E-state index is 0.205. The predicted octanol–water partition coefficient (Wildman–Crippen LogP) is 8.98. The molecule has 0 bridgehead atoms. The molecule has 0 saturated carbocycles. The zero-order chi connectivity index (χ0) is 26.7. The van der Waals surface area contributed by atoms with Gasteiger partial charge < -0.3 is 9.47 Å². The summed E-state index contributed by atoms with van der Waals surface area (Å²) < 4.78 is 12.1. The number of rotatable bonds is 7. The third-order valence-electron chi connectivity index (χ3n) is 5.60. The van der Waals surface area contributed by atoms with Crippen LogP contribution in [0.3, 0.4) is 0 Å². The molecule has 1 amide bonds. The van der Waals surface area contributed by atoms with Gasteiger partial charge in [0.15, 0.2) is 16.7 Å². The van der Waals surface area contributed by atoms with Crippen molar-refractivity contribution in [1.29, 1.82) is 0 Å². The lowest BCUT2D eigenvalue weighted by Crippen LogP contribution is -2.28. The Bertz CT molecular complexity index is 1420. The molecule has 1 saturated heterocycles. The Labute approximate surface area is 239 Å². The maximum Gasteiger partial charge on any atom is 0.271 e. The molecule has 1 fully saturated rings. The van der Waals surface area contributed by atoms with Crippen molar-refractivity contribution in [2.75, 3.05) is 18.6 Å². The highest BCUT2D eigenvalue weighted by Crippen LogP contribution is 2.41. The summed E-state index contributed by atoms with van der Waals surface area (Å²) >= 11 is 17.6. The van der Waals surface area contributed by atoms with Crippen molar-refractivity contribution in [3.05, 3.63) is 84.6 Å². The van der Waals surface area contributed by atoms with Crippen molar-refractivity contribution in [3.63, 3.8) is 0 Å². The van der Waals surface area contributed by atoms with E-state index >= 15 is 0 Å². The van der Waals surface area contributed by atoms with Crippen LogP contribution in [0.4, 0.5) is 11.4 Å². The predicted molar refractivity (Wildman–Crippen MR) is 159 cm³/mol. The van der Waals surface area contributed by atoms with E-state index in [1.54, 1.807) is 24.1 Å². The molecule has 9 heteroatoms. The number of amides is 1. The average molecular weight is 620 g/mol. The van der Waals surface area contributed by atoms with Gasteiger partial charge in [0.25, 0.3) is 5.91 Å². The van der Waals surface area contributed by atoms with E-state index in [-0.39, 0.29) is 5.91 Å². The molecule has 3 aromatic carbocycles. The van der Waals surface area contributed by atoms with E-state index < -0.39 is 0 Å². The van der Waals surface area contributed by atoms with Gasteiger partial charge in [-0.15, -0.1) is 0 Å². The Morgan fingerprint density at radius 2 is 1.76 bits per heavy atom. The van der Waals surface area contributed by atoms with Crippen LogP contribution in [-0.2, 0) is 4.79 Å². The topological polar surface area (TPSA) is 51.1 Å². The Morgan fingerprint density at radius 3 is 2.41 bits per heavy atom. The number of carbonyl (C=O) groups is 1. The van der Waals surface area contributed by atoms with Crippen LogP contribution in [0.25, 0.3) is 6.08 Å². The molecular weight excluding hydrogens is 595 g/mol. The number of methoxy groups -OCH3 is 1. The highest BCUT2D eigenvalue weighted by atomic mass is 79.9. The molecule has 1 heterocycles. The summed E-state index contributed by atoms with van der Waals surface area (Å²) in [4.78, 5) is 20.5. The summed E-state index contributed by atoms with van der Waals surface area (Å²) in [5, 5.41) is 1.69. The van der Waals surface area contributed by atoms with E-state index in [1.165, 1.54) is 11.8 Å². The second-order valence-electron chi connectivity index (χ2n) is 8.40. The number of carbonyl (C=O) groups excluding carboxylic acids is 1. The molecule has 1 aliphatic heterocycles. The van der Waals surface area contributed by atoms with Gasteiger partial charge in [-0.2, -0.15) is 0 Å². The SMILES string of the molecule is CCCOc1c(Br)cc(/C=C2/SC(=Nc3ccc(C)c(Cl)c3)N(c3ccc(C)c(Cl)c3)C2=O)cc1OC. The quantitative estimate of drug-likeness (QED) is 0.248. The average Bonchev–Trinajstić information content (AvgIpc) is 3.16. The Morgan fingerprint density at radius 1 is 1.05 bits per heavy atom. The van der Waals surface area contributed by atoms with Crippen LogP contribution in [0, 0.1) is 13.8 Å². The number of halogens is 3. The number of ether oxygens (including phenoxy) is 2. The zero-order valence-electron chi connectivity index (χ0n) is 20.8. The third-order valence-corrected chi connectivity index (χ3v) is 7.97. The second kappa shape index (κ2) is 11.9. The summed E-state index contributed by atoms with van der Waals surface area (Å²) in [5.41, 5.74) is 3.94. The second-order valence-corrected chi connectivity index (χ2v) is 11.1. The van der Waals surface area contributed by atoms with Crippen molar-refractivity contribution in [2.24, 2.45) is 4.99 Å². The van der Waals surface area contributed by atoms with Crippen LogP contribution < -0.4 is 14.4 Å². The fourth-order valence-electron chi connectivity index (χ4n) is 3.58. The molecule has 0 spiro atoms. The monoisotopic (exact) mass is 618 g/mol. The van der Waals surface area contributed by atoms with Gasteiger partial charge in [-0.05, 0) is 107 Å². The fraction of sp³-hybridized carbons (Fsp3) is 0.214. The van der Waals surface area contributed by atoms with Gasteiger partial charge in [0.05, 0.1) is 34.5 Å². The maximum absolute atomic E-state index is 13.7. The van der Waals surface area contributed by atoms with Crippen LogP contribution in [0.1, 0.15) is 30.0 Å². The van der Waals surface area contributed by atoms with Crippen LogP contribution in [0.15, 0.2) is 62.9 Å². The molecule has 0 radical (unpaired) electrons. The fourth-order valence-corrected chi connectivity index (χ4v) is 5.50. The number of aliphatic imine (C=N–C) groups is 1. The van der Waals surface area contributed by atoms with Gasteiger partial charge in [0.2, 0.25) is 0 Å². The molecule has 1 aliphatic rings. The summed E-state index contributed by atoms with van der Waals surface area (Å²) in [6, 6.07) is 14.8. The van der Waals surface area contributed by atoms with E-state index in [4.69, 9.17) is 37.7 Å². The standard InChI is InChI=1S/C28H25BrCl2N2O3S/c1-5-10-36-26-21(29)11-18(12-24(26)35-4)13-25-27(34)33(20-9-7-17(3)23(31)15-20)28(37-25)32-19-8-6-16(2)22(30)14-19/h6-9,11-15H,5,10H2,1-4H3/b25-13+,32-28?. The van der Waals surface area contributed by atoms with Crippen molar-refractivity contribution in [2.45, 2.75) is 27.2 Å². The van der Waals surface area contributed by atoms with E-state index in [9.17, 15) is 4.79 Å². The van der Waals surface area contributed by atoms with Gasteiger partial charge >= 0.3 is 0 Å². The largest absolute Gasteiger partial charge is 0.493 e. The lowest BCUT2D eigenvalue weighted by atomic mass is 10.1. The lowest BCUT2D eigenvalue weighted by molar-refractivity contribution is -0.113. The smallest absolute Gasteiger partial charge is 0.271 e. The van der Waals surface area contributed by atoms with E-state index in [0.29, 0.717) is 49.6 Å². The van der Waals surface area contributed by atoms with Crippen LogP contribution >= 0.6 is 50.9 Å². The van der Waals surface area contributed by atoms with Crippen molar-refractivity contribution in [1.82, 2.24) is 0 Å². The molecule has 192 valence electrons. The van der Waals surface area contributed by atoms with Gasteiger partial charge in [0.1, 0.15) is 0 Å². The van der Waals surface area contributed by atoms with E-state index in [2.05, 4.69) is 15.9 Å².